The lowest BCUT2D eigenvalue weighted by molar-refractivity contribution is 0.462. The van der Waals surface area contributed by atoms with Crippen LogP contribution in [0, 0.1) is 0 Å². The van der Waals surface area contributed by atoms with Gasteiger partial charge in [-0.15, -0.1) is 0 Å². The lowest BCUT2D eigenvalue weighted by atomic mass is 10.0. The quantitative estimate of drug-likeness (QED) is 0.668. The van der Waals surface area contributed by atoms with Crippen LogP contribution in [0.3, 0.4) is 0 Å². The van der Waals surface area contributed by atoms with E-state index in [-0.39, 0.29) is 11.2 Å². The van der Waals surface area contributed by atoms with E-state index in [4.69, 9.17) is 0 Å². The number of aryl methyl sites for hydroxylation is 1. The second kappa shape index (κ2) is 9.60. The molecule has 0 saturated heterocycles. The molecule has 0 atom stereocenters. The van der Waals surface area contributed by atoms with E-state index in [1.54, 1.807) is 6.07 Å². The molecule has 0 aliphatic rings. The van der Waals surface area contributed by atoms with Gasteiger partial charge in [-0.2, -0.15) is 0 Å². The molecule has 0 unspecified atom stereocenters. The highest BCUT2D eigenvalue weighted by atomic mass is 16.3. The van der Waals surface area contributed by atoms with Crippen LogP contribution < -0.4 is 5.43 Å². The zero-order valence-corrected chi connectivity index (χ0v) is 12.0. The maximum absolute atomic E-state index is 11.4. The monoisotopic (exact) mass is 262 g/mol. The first-order valence-corrected chi connectivity index (χ1v) is 7.57. The Morgan fingerprint density at radius 3 is 2.16 bits per heavy atom. The number of rotatable bonds is 9. The highest BCUT2D eigenvalue weighted by Gasteiger charge is 2.02. The van der Waals surface area contributed by atoms with E-state index in [2.05, 4.69) is 6.92 Å². The van der Waals surface area contributed by atoms with Gasteiger partial charge in [0.25, 0.3) is 0 Å². The predicted octanol–water partition coefficient (Wildman–Crippen LogP) is 4.44. The van der Waals surface area contributed by atoms with E-state index in [0.717, 1.165) is 18.4 Å². The van der Waals surface area contributed by atoms with Gasteiger partial charge < -0.3 is 5.11 Å². The molecule has 106 valence electrons. The van der Waals surface area contributed by atoms with Crippen molar-refractivity contribution in [2.75, 3.05) is 0 Å². The number of aromatic hydroxyl groups is 1. The molecule has 2 heteroatoms. The summed E-state index contributed by atoms with van der Waals surface area (Å²) in [6.45, 7) is 2.23. The third-order valence-corrected chi connectivity index (χ3v) is 3.49. The van der Waals surface area contributed by atoms with Crippen molar-refractivity contribution in [1.29, 1.82) is 0 Å². The van der Waals surface area contributed by atoms with Crippen molar-refractivity contribution in [2.24, 2.45) is 0 Å². The Bertz CT molecular complexity index is 412. The van der Waals surface area contributed by atoms with Crippen molar-refractivity contribution in [3.05, 3.63) is 40.1 Å². The van der Waals surface area contributed by atoms with Crippen molar-refractivity contribution < 1.29 is 5.11 Å². The summed E-state index contributed by atoms with van der Waals surface area (Å²) in [7, 11) is 0. The molecule has 1 rings (SSSR count). The van der Waals surface area contributed by atoms with Gasteiger partial charge in [-0.3, -0.25) is 4.79 Å². The van der Waals surface area contributed by atoms with Gasteiger partial charge in [0.1, 0.15) is 0 Å². The van der Waals surface area contributed by atoms with Gasteiger partial charge in [-0.1, -0.05) is 70.1 Å². The van der Waals surface area contributed by atoms with E-state index in [1.807, 2.05) is 12.1 Å². The summed E-state index contributed by atoms with van der Waals surface area (Å²) >= 11 is 0. The van der Waals surface area contributed by atoms with Crippen LogP contribution >= 0.6 is 0 Å². The van der Waals surface area contributed by atoms with Gasteiger partial charge in [0.05, 0.1) is 0 Å². The van der Waals surface area contributed by atoms with Gasteiger partial charge in [-0.05, 0) is 24.5 Å². The first kappa shape index (κ1) is 15.7. The Kier molecular flexibility index (Phi) is 7.95. The fourth-order valence-corrected chi connectivity index (χ4v) is 2.28. The molecule has 0 spiro atoms. The first-order valence-electron chi connectivity index (χ1n) is 7.57. The second-order valence-corrected chi connectivity index (χ2v) is 5.18. The molecule has 0 aromatic heterocycles. The topological polar surface area (TPSA) is 37.3 Å². The van der Waals surface area contributed by atoms with Crippen LogP contribution in [0.25, 0.3) is 0 Å². The minimum Gasteiger partial charge on any atom is -0.504 e. The van der Waals surface area contributed by atoms with Crippen molar-refractivity contribution in [2.45, 2.75) is 64.7 Å². The fourth-order valence-electron chi connectivity index (χ4n) is 2.28. The zero-order valence-electron chi connectivity index (χ0n) is 12.0. The number of hydrogen-bond donors (Lipinski definition) is 1. The Morgan fingerprint density at radius 1 is 0.895 bits per heavy atom. The van der Waals surface area contributed by atoms with E-state index in [0.29, 0.717) is 0 Å². The van der Waals surface area contributed by atoms with Crippen molar-refractivity contribution >= 4 is 0 Å². The molecule has 0 amide bonds. The van der Waals surface area contributed by atoms with Crippen LogP contribution in [0.15, 0.2) is 29.1 Å². The van der Waals surface area contributed by atoms with Gasteiger partial charge in [0, 0.05) is 0 Å². The molecule has 0 aliphatic carbocycles. The van der Waals surface area contributed by atoms with Crippen molar-refractivity contribution in [1.82, 2.24) is 0 Å². The molecule has 1 N–H and O–H groups in total. The summed E-state index contributed by atoms with van der Waals surface area (Å²) in [6.07, 6.45) is 10.9. The minimum atomic E-state index is -0.278. The molecular weight excluding hydrogens is 236 g/mol. The van der Waals surface area contributed by atoms with Crippen LogP contribution in [0.5, 0.6) is 5.75 Å². The molecule has 19 heavy (non-hydrogen) atoms. The van der Waals surface area contributed by atoms with E-state index in [9.17, 15) is 9.90 Å². The lowest BCUT2D eigenvalue weighted by Gasteiger charge is -2.02. The van der Waals surface area contributed by atoms with Gasteiger partial charge >= 0.3 is 0 Å². The molecule has 1 aromatic rings. The SMILES string of the molecule is CCCCCCCCCCc1ccccc(=O)c1O. The zero-order chi connectivity index (χ0) is 13.9. The highest BCUT2D eigenvalue weighted by molar-refractivity contribution is 5.30. The smallest absolute Gasteiger partial charge is 0.220 e. The molecule has 2 nitrogen and oxygen atoms in total. The van der Waals surface area contributed by atoms with Crippen LogP contribution in [-0.2, 0) is 6.42 Å². The van der Waals surface area contributed by atoms with Gasteiger partial charge in [0.2, 0.25) is 5.43 Å². The predicted molar refractivity (Wildman–Crippen MR) is 80.7 cm³/mol. The fraction of sp³-hybridized carbons (Fsp3) is 0.588. The van der Waals surface area contributed by atoms with E-state index in [1.165, 1.54) is 51.0 Å². The van der Waals surface area contributed by atoms with Crippen LogP contribution in [-0.4, -0.2) is 5.11 Å². The van der Waals surface area contributed by atoms with Crippen molar-refractivity contribution in [3.63, 3.8) is 0 Å². The normalized spacial score (nSPS) is 10.6. The third kappa shape index (κ3) is 6.42. The van der Waals surface area contributed by atoms with Crippen LogP contribution in [0.4, 0.5) is 0 Å². The second-order valence-electron chi connectivity index (χ2n) is 5.18. The molecule has 0 radical (unpaired) electrons. The van der Waals surface area contributed by atoms with Gasteiger partial charge in [-0.25, -0.2) is 0 Å². The molecular formula is C17H26O2. The highest BCUT2D eigenvalue weighted by Crippen LogP contribution is 2.15. The molecule has 0 heterocycles. The molecule has 0 aliphatic heterocycles. The summed E-state index contributed by atoms with van der Waals surface area (Å²) in [5.74, 6) is -0.0760. The largest absolute Gasteiger partial charge is 0.504 e. The summed E-state index contributed by atoms with van der Waals surface area (Å²) < 4.78 is 0. The van der Waals surface area contributed by atoms with E-state index >= 15 is 0 Å². The van der Waals surface area contributed by atoms with Crippen molar-refractivity contribution in [3.8, 4) is 5.75 Å². The third-order valence-electron chi connectivity index (χ3n) is 3.49. The Hall–Kier alpha value is -1.31. The molecule has 0 saturated carbocycles. The van der Waals surface area contributed by atoms with Gasteiger partial charge in [0.15, 0.2) is 5.75 Å². The Labute approximate surface area is 116 Å². The maximum Gasteiger partial charge on any atom is 0.220 e. The van der Waals surface area contributed by atoms with Crippen LogP contribution in [0.2, 0.25) is 0 Å². The summed E-state index contributed by atoms with van der Waals surface area (Å²) in [4.78, 5) is 11.4. The standard InChI is InChI=1S/C17H26O2/c1-2-3-4-5-6-7-8-9-12-15-13-10-11-14-16(18)17(15)19/h10-11,13-14H,2-9,12H2,1H3,(H,18,19). The molecule has 0 bridgehead atoms. The minimum absolute atomic E-state index is 0.0760. The molecule has 0 fully saturated rings. The van der Waals surface area contributed by atoms with E-state index < -0.39 is 0 Å². The Morgan fingerprint density at radius 2 is 1.47 bits per heavy atom. The summed E-state index contributed by atoms with van der Waals surface area (Å²) in [6, 6.07) is 6.75. The Balaban J connectivity index is 2.22. The molecule has 1 aromatic carbocycles. The average molecular weight is 262 g/mol. The summed E-state index contributed by atoms with van der Waals surface area (Å²) in [5.41, 5.74) is 0.501. The number of hydrogen-bond acceptors (Lipinski definition) is 2. The number of unbranched alkanes of at least 4 members (excludes halogenated alkanes) is 7. The lowest BCUT2D eigenvalue weighted by Crippen LogP contribution is -1.97. The first-order chi connectivity index (χ1) is 9.25. The van der Waals surface area contributed by atoms with Crippen LogP contribution in [0.1, 0.15) is 63.9 Å². The average Bonchev–Trinajstić information content (AvgIpc) is 2.57. The summed E-state index contributed by atoms with van der Waals surface area (Å²) in [5, 5.41) is 9.74. The maximum atomic E-state index is 11.4.